The van der Waals surface area contributed by atoms with Gasteiger partial charge in [0.05, 0.1) is 12.1 Å². The Hall–Kier alpha value is -1.06. The summed E-state index contributed by atoms with van der Waals surface area (Å²) in [5, 5.41) is 18.3. The van der Waals surface area contributed by atoms with E-state index in [1.165, 1.54) is 0 Å². The maximum atomic E-state index is 9.28. The number of rotatable bonds is 2. The van der Waals surface area contributed by atoms with E-state index >= 15 is 0 Å². The van der Waals surface area contributed by atoms with Gasteiger partial charge in [-0.2, -0.15) is 0 Å². The van der Waals surface area contributed by atoms with Crippen LogP contribution in [0.4, 0.5) is 0 Å². The van der Waals surface area contributed by atoms with E-state index in [1.54, 1.807) is 32.0 Å². The molecule has 72 valence electrons. The van der Waals surface area contributed by atoms with Crippen LogP contribution < -0.4 is 5.73 Å². The number of benzene rings is 1. The van der Waals surface area contributed by atoms with Gasteiger partial charge in [-0.15, -0.1) is 0 Å². The zero-order valence-electron chi connectivity index (χ0n) is 7.91. The van der Waals surface area contributed by atoms with Crippen molar-refractivity contribution >= 4 is 0 Å². The van der Waals surface area contributed by atoms with Gasteiger partial charge in [-0.05, 0) is 31.0 Å². The Morgan fingerprint density at radius 2 is 2.08 bits per heavy atom. The molecule has 1 atom stereocenters. The quantitative estimate of drug-likeness (QED) is 0.634. The standard InChI is InChI=1S/C10H15NO2/c1-7-5-8(3-4-9(7)13)10(2,11)6-12/h3-5,12-13H,6,11H2,1-2H3/t10-/m1/s1. The summed E-state index contributed by atoms with van der Waals surface area (Å²) >= 11 is 0. The summed E-state index contributed by atoms with van der Waals surface area (Å²) in [5.41, 5.74) is 6.68. The molecule has 0 aliphatic carbocycles. The van der Waals surface area contributed by atoms with Gasteiger partial charge < -0.3 is 15.9 Å². The molecule has 0 bridgehead atoms. The molecule has 13 heavy (non-hydrogen) atoms. The maximum absolute atomic E-state index is 9.28. The second kappa shape index (κ2) is 3.36. The van der Waals surface area contributed by atoms with Gasteiger partial charge in [-0.3, -0.25) is 0 Å². The molecule has 0 radical (unpaired) electrons. The molecular formula is C10H15NO2. The molecule has 3 nitrogen and oxygen atoms in total. The van der Waals surface area contributed by atoms with Crippen molar-refractivity contribution < 1.29 is 10.2 Å². The Labute approximate surface area is 77.8 Å². The molecule has 4 N–H and O–H groups in total. The molecular weight excluding hydrogens is 166 g/mol. The fourth-order valence-electron chi connectivity index (χ4n) is 1.10. The van der Waals surface area contributed by atoms with Crippen molar-refractivity contribution in [1.82, 2.24) is 0 Å². The van der Waals surface area contributed by atoms with Gasteiger partial charge in [-0.25, -0.2) is 0 Å². The number of aliphatic hydroxyl groups excluding tert-OH is 1. The molecule has 0 fully saturated rings. The Bertz CT molecular complexity index is 308. The third kappa shape index (κ3) is 1.99. The number of hydrogen-bond donors (Lipinski definition) is 3. The minimum absolute atomic E-state index is 0.114. The predicted octanol–water partition coefficient (Wildman–Crippen LogP) is 0.867. The van der Waals surface area contributed by atoms with Gasteiger partial charge in [0.2, 0.25) is 0 Å². The Morgan fingerprint density at radius 1 is 1.46 bits per heavy atom. The molecule has 0 aliphatic heterocycles. The first-order valence-electron chi connectivity index (χ1n) is 4.17. The Balaban J connectivity index is 3.10. The first-order chi connectivity index (χ1) is 5.97. The van der Waals surface area contributed by atoms with Crippen molar-refractivity contribution in [3.63, 3.8) is 0 Å². The summed E-state index contributed by atoms with van der Waals surface area (Å²) in [4.78, 5) is 0. The molecule has 0 saturated heterocycles. The van der Waals surface area contributed by atoms with E-state index in [0.29, 0.717) is 0 Å². The molecule has 1 aromatic carbocycles. The fourth-order valence-corrected chi connectivity index (χ4v) is 1.10. The van der Waals surface area contributed by atoms with E-state index in [-0.39, 0.29) is 12.4 Å². The Morgan fingerprint density at radius 3 is 2.54 bits per heavy atom. The minimum Gasteiger partial charge on any atom is -0.508 e. The lowest BCUT2D eigenvalue weighted by atomic mass is 9.93. The van der Waals surface area contributed by atoms with Crippen LogP contribution in [-0.4, -0.2) is 16.8 Å². The lowest BCUT2D eigenvalue weighted by Crippen LogP contribution is -2.36. The average Bonchev–Trinajstić information content (AvgIpc) is 2.09. The number of aromatic hydroxyl groups is 1. The van der Waals surface area contributed by atoms with E-state index < -0.39 is 5.54 Å². The summed E-state index contributed by atoms with van der Waals surface area (Å²) in [6.07, 6.45) is 0. The van der Waals surface area contributed by atoms with Crippen LogP contribution in [0.2, 0.25) is 0 Å². The van der Waals surface area contributed by atoms with E-state index in [2.05, 4.69) is 0 Å². The van der Waals surface area contributed by atoms with Crippen molar-refractivity contribution in [3.8, 4) is 5.75 Å². The molecule has 0 heterocycles. The van der Waals surface area contributed by atoms with Crippen molar-refractivity contribution in [3.05, 3.63) is 29.3 Å². The van der Waals surface area contributed by atoms with Gasteiger partial charge in [0.15, 0.2) is 0 Å². The molecule has 0 unspecified atom stereocenters. The molecule has 0 spiro atoms. The first-order valence-corrected chi connectivity index (χ1v) is 4.17. The van der Waals surface area contributed by atoms with Crippen LogP contribution in [0.1, 0.15) is 18.1 Å². The summed E-state index contributed by atoms with van der Waals surface area (Å²) in [6, 6.07) is 5.09. The van der Waals surface area contributed by atoms with E-state index in [1.807, 2.05) is 0 Å². The molecule has 0 amide bonds. The number of phenolic OH excluding ortho intramolecular Hbond substituents is 1. The Kier molecular flexibility index (Phi) is 2.59. The van der Waals surface area contributed by atoms with Gasteiger partial charge in [0.1, 0.15) is 5.75 Å². The highest BCUT2D eigenvalue weighted by atomic mass is 16.3. The molecule has 0 aromatic heterocycles. The number of hydrogen-bond acceptors (Lipinski definition) is 3. The second-order valence-electron chi connectivity index (χ2n) is 3.58. The van der Waals surface area contributed by atoms with Crippen molar-refractivity contribution in [2.24, 2.45) is 5.73 Å². The van der Waals surface area contributed by atoms with Crippen LogP contribution in [0.15, 0.2) is 18.2 Å². The van der Waals surface area contributed by atoms with Crippen LogP contribution in [-0.2, 0) is 5.54 Å². The van der Waals surface area contributed by atoms with Crippen molar-refractivity contribution in [2.45, 2.75) is 19.4 Å². The minimum atomic E-state index is -0.738. The largest absolute Gasteiger partial charge is 0.508 e. The molecule has 0 aliphatic rings. The number of aliphatic hydroxyl groups is 1. The summed E-state index contributed by atoms with van der Waals surface area (Å²) in [7, 11) is 0. The SMILES string of the molecule is Cc1cc([C@](C)(N)CO)ccc1O. The van der Waals surface area contributed by atoms with Crippen molar-refractivity contribution in [1.29, 1.82) is 0 Å². The zero-order chi connectivity index (χ0) is 10.1. The van der Waals surface area contributed by atoms with Crippen LogP contribution in [0.5, 0.6) is 5.75 Å². The van der Waals surface area contributed by atoms with E-state index in [0.717, 1.165) is 11.1 Å². The predicted molar refractivity (Wildman–Crippen MR) is 51.5 cm³/mol. The van der Waals surface area contributed by atoms with Crippen LogP contribution in [0.25, 0.3) is 0 Å². The number of nitrogens with two attached hydrogens (primary N) is 1. The van der Waals surface area contributed by atoms with Gasteiger partial charge in [-0.1, -0.05) is 12.1 Å². The fraction of sp³-hybridized carbons (Fsp3) is 0.400. The van der Waals surface area contributed by atoms with Gasteiger partial charge in [0, 0.05) is 0 Å². The van der Waals surface area contributed by atoms with E-state index in [9.17, 15) is 5.11 Å². The highest BCUT2D eigenvalue weighted by Gasteiger charge is 2.20. The smallest absolute Gasteiger partial charge is 0.118 e. The van der Waals surface area contributed by atoms with Crippen LogP contribution in [0.3, 0.4) is 0 Å². The van der Waals surface area contributed by atoms with E-state index in [4.69, 9.17) is 10.8 Å². The summed E-state index contributed by atoms with van der Waals surface area (Å²) in [6.45, 7) is 3.43. The third-order valence-corrected chi connectivity index (χ3v) is 2.18. The third-order valence-electron chi connectivity index (χ3n) is 2.18. The number of phenols is 1. The highest BCUT2D eigenvalue weighted by molar-refractivity contribution is 5.37. The monoisotopic (exact) mass is 181 g/mol. The lowest BCUT2D eigenvalue weighted by Gasteiger charge is -2.22. The van der Waals surface area contributed by atoms with Crippen LogP contribution in [0, 0.1) is 6.92 Å². The zero-order valence-corrected chi connectivity index (χ0v) is 7.91. The van der Waals surface area contributed by atoms with Gasteiger partial charge >= 0.3 is 0 Å². The normalized spacial score (nSPS) is 15.4. The topological polar surface area (TPSA) is 66.5 Å². The summed E-state index contributed by atoms with van der Waals surface area (Å²) in [5.74, 6) is 0.248. The molecule has 1 aromatic rings. The molecule has 0 saturated carbocycles. The molecule has 3 heteroatoms. The summed E-state index contributed by atoms with van der Waals surface area (Å²) < 4.78 is 0. The van der Waals surface area contributed by atoms with Gasteiger partial charge in [0.25, 0.3) is 0 Å². The number of aryl methyl sites for hydroxylation is 1. The highest BCUT2D eigenvalue weighted by Crippen LogP contribution is 2.23. The van der Waals surface area contributed by atoms with Crippen molar-refractivity contribution in [2.75, 3.05) is 6.61 Å². The van der Waals surface area contributed by atoms with Crippen LogP contribution >= 0.6 is 0 Å². The lowest BCUT2D eigenvalue weighted by molar-refractivity contribution is 0.210. The molecule has 1 rings (SSSR count). The first kappa shape index (κ1) is 10.0. The maximum Gasteiger partial charge on any atom is 0.118 e. The average molecular weight is 181 g/mol. The second-order valence-corrected chi connectivity index (χ2v) is 3.58.